The average Bonchev–Trinajstić information content (AvgIpc) is 3.35. The number of methoxy groups -OCH3 is 1. The van der Waals surface area contributed by atoms with Gasteiger partial charge in [0.25, 0.3) is 5.91 Å². The van der Waals surface area contributed by atoms with Gasteiger partial charge in [-0.3, -0.25) is 10.1 Å². The molecule has 0 unspecified atom stereocenters. The van der Waals surface area contributed by atoms with Crippen molar-refractivity contribution < 1.29 is 28.2 Å². The lowest BCUT2D eigenvalue weighted by molar-refractivity contribution is -0.119. The topological polar surface area (TPSA) is 86.8 Å². The molecule has 0 aliphatic carbocycles. The van der Waals surface area contributed by atoms with Crippen LogP contribution < -0.4 is 14.8 Å². The molecule has 7 nitrogen and oxygen atoms in total. The monoisotopic (exact) mass is 492 g/mol. The summed E-state index contributed by atoms with van der Waals surface area (Å²) >= 11 is 1.26. The standard InChI is InChI=1S/C26H21FN2O5S/c1-32-20-12-8-18(9-13-20)22-16-35-26(28-22)29-24(30)15-34-25(31)21-4-2-3-5-23(21)33-14-17-6-10-19(27)11-7-17/h2-13,16H,14-15H2,1H3,(H,28,29,30). The number of benzene rings is 3. The zero-order chi connectivity index (χ0) is 24.6. The lowest BCUT2D eigenvalue weighted by Crippen LogP contribution is -2.21. The minimum Gasteiger partial charge on any atom is -0.497 e. The van der Waals surface area contributed by atoms with Crippen LogP contribution in [-0.2, 0) is 16.1 Å². The molecule has 0 bridgehead atoms. The molecule has 3 aromatic carbocycles. The summed E-state index contributed by atoms with van der Waals surface area (Å²) in [6, 6.07) is 19.8. The molecule has 4 rings (SSSR count). The van der Waals surface area contributed by atoms with Crippen molar-refractivity contribution in [1.29, 1.82) is 0 Å². The quantitative estimate of drug-likeness (QED) is 0.318. The number of nitrogens with zero attached hydrogens (tertiary/aromatic N) is 1. The van der Waals surface area contributed by atoms with Gasteiger partial charge in [-0.15, -0.1) is 11.3 Å². The van der Waals surface area contributed by atoms with Crippen LogP contribution in [0.3, 0.4) is 0 Å². The first-order valence-corrected chi connectivity index (χ1v) is 11.4. The third kappa shape index (κ3) is 6.42. The third-order valence-electron chi connectivity index (χ3n) is 4.89. The lowest BCUT2D eigenvalue weighted by atomic mass is 10.2. The average molecular weight is 493 g/mol. The molecule has 0 radical (unpaired) electrons. The van der Waals surface area contributed by atoms with E-state index in [-0.39, 0.29) is 18.0 Å². The Bertz CT molecular complexity index is 1310. The summed E-state index contributed by atoms with van der Waals surface area (Å²) in [5, 5.41) is 4.84. The number of para-hydroxylation sites is 1. The van der Waals surface area contributed by atoms with E-state index in [1.165, 1.54) is 23.5 Å². The van der Waals surface area contributed by atoms with E-state index in [9.17, 15) is 14.0 Å². The van der Waals surface area contributed by atoms with E-state index in [4.69, 9.17) is 14.2 Å². The number of carbonyl (C=O) groups excluding carboxylic acids is 2. The first-order chi connectivity index (χ1) is 17.0. The number of nitrogens with one attached hydrogen (secondary N) is 1. The van der Waals surface area contributed by atoms with Gasteiger partial charge < -0.3 is 14.2 Å². The normalized spacial score (nSPS) is 10.5. The SMILES string of the molecule is COc1ccc(-c2csc(NC(=O)COC(=O)c3ccccc3OCc3ccc(F)cc3)n2)cc1. The van der Waals surface area contributed by atoms with Gasteiger partial charge in [0, 0.05) is 10.9 Å². The summed E-state index contributed by atoms with van der Waals surface area (Å²) < 4.78 is 29.1. The number of amides is 1. The number of ether oxygens (including phenoxy) is 3. The van der Waals surface area contributed by atoms with Crippen molar-refractivity contribution in [2.24, 2.45) is 0 Å². The Labute approximate surface area is 205 Å². The first kappa shape index (κ1) is 23.9. The van der Waals surface area contributed by atoms with Crippen LogP contribution in [-0.4, -0.2) is 30.6 Å². The Morgan fingerprint density at radius 1 is 1.00 bits per heavy atom. The molecule has 178 valence electrons. The second-order valence-electron chi connectivity index (χ2n) is 7.30. The first-order valence-electron chi connectivity index (χ1n) is 10.5. The maximum atomic E-state index is 13.1. The summed E-state index contributed by atoms with van der Waals surface area (Å²) in [5.41, 5.74) is 2.51. The maximum Gasteiger partial charge on any atom is 0.342 e. The van der Waals surface area contributed by atoms with Crippen LogP contribution in [0.5, 0.6) is 11.5 Å². The Morgan fingerprint density at radius 3 is 2.49 bits per heavy atom. The van der Waals surface area contributed by atoms with Crippen LogP contribution in [0.2, 0.25) is 0 Å². The number of aromatic nitrogens is 1. The van der Waals surface area contributed by atoms with Gasteiger partial charge in [0.05, 0.1) is 12.8 Å². The molecule has 9 heteroatoms. The number of hydrogen-bond acceptors (Lipinski definition) is 7. The maximum absolute atomic E-state index is 13.1. The fraction of sp³-hybridized carbons (Fsp3) is 0.115. The van der Waals surface area contributed by atoms with Gasteiger partial charge in [0.15, 0.2) is 11.7 Å². The minimum atomic E-state index is -0.701. The van der Waals surface area contributed by atoms with Crippen LogP contribution in [0.1, 0.15) is 15.9 Å². The third-order valence-corrected chi connectivity index (χ3v) is 5.64. The van der Waals surface area contributed by atoms with E-state index in [1.54, 1.807) is 43.5 Å². The van der Waals surface area contributed by atoms with E-state index in [0.717, 1.165) is 16.9 Å². The Balaban J connectivity index is 1.31. The number of rotatable bonds is 9. The molecule has 1 aromatic heterocycles. The fourth-order valence-electron chi connectivity index (χ4n) is 3.09. The van der Waals surface area contributed by atoms with Gasteiger partial charge in [-0.05, 0) is 54.1 Å². The van der Waals surface area contributed by atoms with Crippen molar-refractivity contribution in [3.8, 4) is 22.8 Å². The summed E-state index contributed by atoms with van der Waals surface area (Å²) in [6.07, 6.45) is 0. The largest absolute Gasteiger partial charge is 0.497 e. The van der Waals surface area contributed by atoms with Crippen molar-refractivity contribution in [2.45, 2.75) is 6.61 Å². The van der Waals surface area contributed by atoms with E-state index in [0.29, 0.717) is 16.6 Å². The molecular weight excluding hydrogens is 471 g/mol. The number of esters is 1. The number of hydrogen-bond donors (Lipinski definition) is 1. The van der Waals surface area contributed by atoms with Crippen molar-refractivity contribution >= 4 is 28.3 Å². The summed E-state index contributed by atoms with van der Waals surface area (Å²) in [4.78, 5) is 29.3. The number of halogens is 1. The molecule has 0 aliphatic heterocycles. The van der Waals surface area contributed by atoms with Crippen molar-refractivity contribution in [1.82, 2.24) is 4.98 Å². The van der Waals surface area contributed by atoms with Crippen molar-refractivity contribution in [3.05, 3.63) is 95.1 Å². The predicted octanol–water partition coefficient (Wildman–Crippen LogP) is 5.33. The van der Waals surface area contributed by atoms with Gasteiger partial charge in [-0.25, -0.2) is 14.2 Å². The van der Waals surface area contributed by atoms with Gasteiger partial charge >= 0.3 is 5.97 Å². The van der Waals surface area contributed by atoms with Crippen LogP contribution in [0.15, 0.2) is 78.2 Å². The number of thiazole rings is 1. The highest BCUT2D eigenvalue weighted by molar-refractivity contribution is 7.14. The smallest absolute Gasteiger partial charge is 0.342 e. The van der Waals surface area contributed by atoms with Gasteiger partial charge in [0.2, 0.25) is 0 Å². The molecule has 1 heterocycles. The van der Waals surface area contributed by atoms with Crippen LogP contribution in [0.4, 0.5) is 9.52 Å². The Hall–Kier alpha value is -4.24. The minimum absolute atomic E-state index is 0.144. The van der Waals surface area contributed by atoms with E-state index < -0.39 is 18.5 Å². The number of anilines is 1. The molecule has 0 saturated heterocycles. The highest BCUT2D eigenvalue weighted by atomic mass is 32.1. The molecule has 0 atom stereocenters. The molecule has 1 N–H and O–H groups in total. The predicted molar refractivity (Wildman–Crippen MR) is 130 cm³/mol. The molecule has 0 saturated carbocycles. The van der Waals surface area contributed by atoms with Crippen LogP contribution >= 0.6 is 11.3 Å². The highest BCUT2D eigenvalue weighted by Gasteiger charge is 2.16. The van der Waals surface area contributed by atoms with Crippen LogP contribution in [0.25, 0.3) is 11.3 Å². The summed E-state index contributed by atoms with van der Waals surface area (Å²) in [5.74, 6) is -0.523. The Kier molecular flexibility index (Phi) is 7.69. The summed E-state index contributed by atoms with van der Waals surface area (Å²) in [6.45, 7) is -0.339. The van der Waals surface area contributed by atoms with Crippen molar-refractivity contribution in [3.63, 3.8) is 0 Å². The molecule has 1 amide bonds. The van der Waals surface area contributed by atoms with Gasteiger partial charge in [0.1, 0.15) is 29.5 Å². The molecule has 0 aliphatic rings. The number of carbonyl (C=O) groups is 2. The molecule has 0 fully saturated rings. The summed E-state index contributed by atoms with van der Waals surface area (Å²) in [7, 11) is 1.60. The highest BCUT2D eigenvalue weighted by Crippen LogP contribution is 2.26. The lowest BCUT2D eigenvalue weighted by Gasteiger charge is -2.11. The van der Waals surface area contributed by atoms with E-state index in [2.05, 4.69) is 10.3 Å². The zero-order valence-electron chi connectivity index (χ0n) is 18.7. The van der Waals surface area contributed by atoms with Gasteiger partial charge in [-0.1, -0.05) is 24.3 Å². The molecular formula is C26H21FN2O5S. The molecule has 35 heavy (non-hydrogen) atoms. The fourth-order valence-corrected chi connectivity index (χ4v) is 3.83. The zero-order valence-corrected chi connectivity index (χ0v) is 19.5. The second-order valence-corrected chi connectivity index (χ2v) is 8.16. The van der Waals surface area contributed by atoms with Crippen LogP contribution in [0, 0.1) is 5.82 Å². The molecule has 4 aromatic rings. The van der Waals surface area contributed by atoms with Gasteiger partial charge in [-0.2, -0.15) is 0 Å². The van der Waals surface area contributed by atoms with E-state index >= 15 is 0 Å². The molecule has 0 spiro atoms. The second kappa shape index (κ2) is 11.3. The van der Waals surface area contributed by atoms with E-state index in [1.807, 2.05) is 29.6 Å². The Morgan fingerprint density at radius 2 is 1.74 bits per heavy atom. The van der Waals surface area contributed by atoms with Crippen molar-refractivity contribution in [2.75, 3.05) is 19.0 Å².